The van der Waals surface area contributed by atoms with E-state index >= 15 is 0 Å². The van der Waals surface area contributed by atoms with Crippen LogP contribution in [0.25, 0.3) is 0 Å². The lowest BCUT2D eigenvalue weighted by atomic mass is 10.1. The number of ketones is 1. The fraction of sp³-hybridized carbons (Fsp3) is 0.100. The van der Waals surface area contributed by atoms with E-state index in [1.165, 1.54) is 0 Å². The van der Waals surface area contributed by atoms with Gasteiger partial charge in [-0.05, 0) is 37.4 Å². The maximum absolute atomic E-state index is 10.9. The lowest BCUT2D eigenvalue weighted by Crippen LogP contribution is -1.92. The molecule has 2 nitrogen and oxygen atoms in total. The lowest BCUT2D eigenvalue weighted by molar-refractivity contribution is 0.101. The fourth-order valence-electron chi connectivity index (χ4n) is 0.919. The number of hydrogen-bond acceptors (Lipinski definition) is 2. The Labute approximate surface area is 71.9 Å². The van der Waals surface area contributed by atoms with Gasteiger partial charge in [-0.1, -0.05) is 6.58 Å². The van der Waals surface area contributed by atoms with Crippen molar-refractivity contribution >= 4 is 11.5 Å². The molecule has 0 aromatic heterocycles. The third-order valence-electron chi connectivity index (χ3n) is 1.56. The van der Waals surface area contributed by atoms with Crippen LogP contribution in [-0.4, -0.2) is 5.78 Å². The van der Waals surface area contributed by atoms with Crippen LogP contribution >= 0.6 is 0 Å². The van der Waals surface area contributed by atoms with Crippen LogP contribution in [-0.2, 0) is 0 Å². The predicted molar refractivity (Wildman–Crippen MR) is 50.3 cm³/mol. The third-order valence-corrected chi connectivity index (χ3v) is 1.56. The average molecular weight is 161 g/mol. The Morgan fingerprint density at radius 2 is 2.00 bits per heavy atom. The normalized spacial score (nSPS) is 9.08. The summed E-state index contributed by atoms with van der Waals surface area (Å²) in [4.78, 5) is 10.9. The first-order valence-electron chi connectivity index (χ1n) is 3.72. The minimum atomic E-state index is 0.0835. The Bertz CT molecular complexity index is 287. The first-order valence-corrected chi connectivity index (χ1v) is 3.72. The Kier molecular flexibility index (Phi) is 2.64. The predicted octanol–water partition coefficient (Wildman–Crippen LogP) is 2.44. The summed E-state index contributed by atoms with van der Waals surface area (Å²) < 4.78 is 0. The highest BCUT2D eigenvalue weighted by Crippen LogP contribution is 2.09. The van der Waals surface area contributed by atoms with Gasteiger partial charge in [0.2, 0.25) is 0 Å². The second-order valence-corrected chi connectivity index (χ2v) is 2.48. The Morgan fingerprint density at radius 1 is 1.42 bits per heavy atom. The van der Waals surface area contributed by atoms with Crippen molar-refractivity contribution in [2.24, 2.45) is 0 Å². The van der Waals surface area contributed by atoms with E-state index in [2.05, 4.69) is 11.9 Å². The summed E-state index contributed by atoms with van der Waals surface area (Å²) in [5.41, 5.74) is 1.67. The molecule has 0 atom stereocenters. The van der Waals surface area contributed by atoms with Crippen LogP contribution < -0.4 is 5.32 Å². The van der Waals surface area contributed by atoms with Gasteiger partial charge in [-0.25, -0.2) is 0 Å². The van der Waals surface area contributed by atoms with Crippen LogP contribution in [0.5, 0.6) is 0 Å². The van der Waals surface area contributed by atoms with Crippen molar-refractivity contribution in [1.82, 2.24) is 0 Å². The standard InChI is InChI=1S/C10H11NO/c1-3-11-10-6-4-9(5-7-10)8(2)12/h3-7,11H,1H2,2H3. The number of nitrogens with one attached hydrogen (secondary N) is 1. The molecule has 2 heteroatoms. The van der Waals surface area contributed by atoms with Crippen molar-refractivity contribution in [2.75, 3.05) is 5.32 Å². The molecule has 0 bridgehead atoms. The van der Waals surface area contributed by atoms with E-state index in [0.29, 0.717) is 0 Å². The van der Waals surface area contributed by atoms with Gasteiger partial charge in [0, 0.05) is 11.3 Å². The molecule has 1 aromatic carbocycles. The highest BCUT2D eigenvalue weighted by Gasteiger charge is 1.96. The number of benzene rings is 1. The molecule has 1 N–H and O–H groups in total. The Hall–Kier alpha value is -1.57. The zero-order chi connectivity index (χ0) is 8.97. The first kappa shape index (κ1) is 8.53. The zero-order valence-electron chi connectivity index (χ0n) is 7.00. The molecule has 0 aliphatic rings. The summed E-state index contributed by atoms with van der Waals surface area (Å²) in [6.45, 7) is 5.09. The summed E-state index contributed by atoms with van der Waals surface area (Å²) in [7, 11) is 0. The van der Waals surface area contributed by atoms with E-state index in [1.54, 1.807) is 25.3 Å². The van der Waals surface area contributed by atoms with Crippen molar-refractivity contribution in [2.45, 2.75) is 6.92 Å². The maximum atomic E-state index is 10.9. The van der Waals surface area contributed by atoms with Crippen LogP contribution in [0.3, 0.4) is 0 Å². The third kappa shape index (κ3) is 1.95. The van der Waals surface area contributed by atoms with Gasteiger partial charge in [-0.3, -0.25) is 4.79 Å². The van der Waals surface area contributed by atoms with Gasteiger partial charge >= 0.3 is 0 Å². The molecule has 0 aliphatic carbocycles. The molecular weight excluding hydrogens is 150 g/mol. The molecule has 0 spiro atoms. The summed E-state index contributed by atoms with van der Waals surface area (Å²) in [6, 6.07) is 7.26. The summed E-state index contributed by atoms with van der Waals surface area (Å²) in [6.07, 6.45) is 1.60. The SMILES string of the molecule is C=CNc1ccc(C(C)=O)cc1. The van der Waals surface area contributed by atoms with Gasteiger partial charge in [0.15, 0.2) is 5.78 Å². The van der Waals surface area contributed by atoms with Crippen LogP contribution in [0.4, 0.5) is 5.69 Å². The molecule has 0 unspecified atom stereocenters. The molecule has 0 amide bonds. The van der Waals surface area contributed by atoms with E-state index < -0.39 is 0 Å². The van der Waals surface area contributed by atoms with Gasteiger partial charge in [0.1, 0.15) is 0 Å². The molecule has 0 aliphatic heterocycles. The smallest absolute Gasteiger partial charge is 0.159 e. The van der Waals surface area contributed by atoms with E-state index in [1.807, 2.05) is 12.1 Å². The summed E-state index contributed by atoms with van der Waals surface area (Å²) >= 11 is 0. The molecule has 0 radical (unpaired) electrons. The quantitative estimate of drug-likeness (QED) is 0.690. The monoisotopic (exact) mass is 161 g/mol. The molecule has 1 aromatic rings. The molecular formula is C10H11NO. The number of carbonyl (C=O) groups is 1. The minimum absolute atomic E-state index is 0.0835. The van der Waals surface area contributed by atoms with E-state index in [4.69, 9.17) is 0 Å². The van der Waals surface area contributed by atoms with Gasteiger partial charge < -0.3 is 5.32 Å². The first-order chi connectivity index (χ1) is 5.74. The average Bonchev–Trinajstić information content (AvgIpc) is 2.06. The number of hydrogen-bond donors (Lipinski definition) is 1. The topological polar surface area (TPSA) is 29.1 Å². The minimum Gasteiger partial charge on any atom is -0.362 e. The van der Waals surface area contributed by atoms with Crippen molar-refractivity contribution in [3.8, 4) is 0 Å². The van der Waals surface area contributed by atoms with Crippen molar-refractivity contribution in [3.63, 3.8) is 0 Å². The second-order valence-electron chi connectivity index (χ2n) is 2.48. The highest BCUT2D eigenvalue weighted by molar-refractivity contribution is 5.94. The fourth-order valence-corrected chi connectivity index (χ4v) is 0.919. The van der Waals surface area contributed by atoms with Crippen molar-refractivity contribution in [3.05, 3.63) is 42.6 Å². The summed E-state index contributed by atoms with van der Waals surface area (Å²) in [5.74, 6) is 0.0835. The van der Waals surface area contributed by atoms with E-state index in [-0.39, 0.29) is 5.78 Å². The van der Waals surface area contributed by atoms with Gasteiger partial charge in [-0.15, -0.1) is 0 Å². The van der Waals surface area contributed by atoms with Crippen LogP contribution in [0.2, 0.25) is 0 Å². The van der Waals surface area contributed by atoms with Crippen LogP contribution in [0, 0.1) is 0 Å². The summed E-state index contributed by atoms with van der Waals surface area (Å²) in [5, 5.41) is 2.93. The van der Waals surface area contributed by atoms with Crippen molar-refractivity contribution in [1.29, 1.82) is 0 Å². The van der Waals surface area contributed by atoms with Crippen molar-refractivity contribution < 1.29 is 4.79 Å². The lowest BCUT2D eigenvalue weighted by Gasteiger charge is -2.00. The number of anilines is 1. The van der Waals surface area contributed by atoms with E-state index in [0.717, 1.165) is 11.3 Å². The number of Topliss-reactive ketones (excluding diaryl/α,β-unsaturated/α-hetero) is 1. The largest absolute Gasteiger partial charge is 0.362 e. The molecule has 62 valence electrons. The van der Waals surface area contributed by atoms with Crippen LogP contribution in [0.15, 0.2) is 37.0 Å². The van der Waals surface area contributed by atoms with Gasteiger partial charge in [0.25, 0.3) is 0 Å². The molecule has 0 heterocycles. The number of rotatable bonds is 3. The Balaban J connectivity index is 2.85. The molecule has 0 saturated heterocycles. The Morgan fingerprint density at radius 3 is 2.42 bits per heavy atom. The zero-order valence-corrected chi connectivity index (χ0v) is 7.00. The molecule has 0 fully saturated rings. The molecule has 12 heavy (non-hydrogen) atoms. The molecule has 1 rings (SSSR count). The highest BCUT2D eigenvalue weighted by atomic mass is 16.1. The molecule has 0 saturated carbocycles. The van der Waals surface area contributed by atoms with Crippen LogP contribution in [0.1, 0.15) is 17.3 Å². The van der Waals surface area contributed by atoms with Gasteiger partial charge in [0.05, 0.1) is 0 Å². The number of carbonyl (C=O) groups excluding carboxylic acids is 1. The maximum Gasteiger partial charge on any atom is 0.159 e. The van der Waals surface area contributed by atoms with Gasteiger partial charge in [-0.2, -0.15) is 0 Å². The second kappa shape index (κ2) is 3.72. The van der Waals surface area contributed by atoms with E-state index in [9.17, 15) is 4.79 Å².